The molecule has 1 aliphatic heterocycles. The van der Waals surface area contributed by atoms with Crippen LogP contribution in [0.2, 0.25) is 0 Å². The lowest BCUT2D eigenvalue weighted by atomic mass is 10.0. The molecule has 0 bridgehead atoms. The van der Waals surface area contributed by atoms with E-state index in [4.69, 9.17) is 9.15 Å². The predicted octanol–water partition coefficient (Wildman–Crippen LogP) is 4.34. The fourth-order valence-electron chi connectivity index (χ4n) is 4.55. The summed E-state index contributed by atoms with van der Waals surface area (Å²) >= 11 is 0. The van der Waals surface area contributed by atoms with Crippen LogP contribution in [0, 0.1) is 6.92 Å². The molecular formula is C27H32N2O4. The summed E-state index contributed by atoms with van der Waals surface area (Å²) < 4.78 is 10.7. The van der Waals surface area contributed by atoms with Crippen LogP contribution in [0.25, 0.3) is 11.0 Å². The first-order chi connectivity index (χ1) is 16.0. The maximum atomic E-state index is 12.6. The summed E-state index contributed by atoms with van der Waals surface area (Å²) in [5.74, 6) is 0.564. The molecule has 174 valence electrons. The normalized spacial score (nSPS) is 14.4. The second kappa shape index (κ2) is 10.7. The second-order valence-electron chi connectivity index (χ2n) is 8.74. The van der Waals surface area contributed by atoms with E-state index in [1.165, 1.54) is 24.8 Å². The van der Waals surface area contributed by atoms with Gasteiger partial charge in [-0.15, -0.1) is 0 Å². The Bertz CT molecular complexity index is 1180. The van der Waals surface area contributed by atoms with Gasteiger partial charge in [0.2, 0.25) is 5.91 Å². The van der Waals surface area contributed by atoms with E-state index >= 15 is 0 Å². The number of aryl methyl sites for hydroxylation is 1. The van der Waals surface area contributed by atoms with Gasteiger partial charge in [0, 0.05) is 36.5 Å². The molecule has 33 heavy (non-hydrogen) atoms. The van der Waals surface area contributed by atoms with Crippen molar-refractivity contribution < 1.29 is 13.9 Å². The molecule has 0 unspecified atom stereocenters. The maximum Gasteiger partial charge on any atom is 0.339 e. The summed E-state index contributed by atoms with van der Waals surface area (Å²) in [6.45, 7) is 5.60. The minimum atomic E-state index is -0.395. The molecule has 1 saturated heterocycles. The Kier molecular flexibility index (Phi) is 7.45. The predicted molar refractivity (Wildman–Crippen MR) is 130 cm³/mol. The number of amides is 1. The lowest BCUT2D eigenvalue weighted by Crippen LogP contribution is -2.30. The number of carbonyl (C=O) groups is 1. The average molecular weight is 449 g/mol. The molecule has 1 fully saturated rings. The SMILES string of the molecule is COc1ccc2c(C)c(CCC(=O)NCc3ccccc3CN3CCCCC3)c(=O)oc2c1. The molecule has 0 aliphatic carbocycles. The largest absolute Gasteiger partial charge is 0.497 e. The minimum Gasteiger partial charge on any atom is -0.497 e. The number of nitrogens with zero attached hydrogens (tertiary/aromatic N) is 1. The lowest BCUT2D eigenvalue weighted by molar-refractivity contribution is -0.121. The van der Waals surface area contributed by atoms with Crippen molar-refractivity contribution in [2.75, 3.05) is 20.2 Å². The quantitative estimate of drug-likeness (QED) is 0.519. The van der Waals surface area contributed by atoms with Crippen LogP contribution in [0.1, 0.15) is 47.9 Å². The molecule has 2 heterocycles. The number of nitrogens with one attached hydrogen (secondary N) is 1. The van der Waals surface area contributed by atoms with Gasteiger partial charge in [-0.05, 0) is 68.1 Å². The van der Waals surface area contributed by atoms with Crippen molar-refractivity contribution in [2.24, 2.45) is 0 Å². The summed E-state index contributed by atoms with van der Waals surface area (Å²) in [7, 11) is 1.57. The molecular weight excluding hydrogens is 416 g/mol. The molecule has 6 heteroatoms. The third-order valence-corrected chi connectivity index (χ3v) is 6.53. The zero-order chi connectivity index (χ0) is 23.2. The van der Waals surface area contributed by atoms with Gasteiger partial charge in [0.1, 0.15) is 11.3 Å². The van der Waals surface area contributed by atoms with Crippen LogP contribution in [0.5, 0.6) is 5.75 Å². The lowest BCUT2D eigenvalue weighted by Gasteiger charge is -2.27. The van der Waals surface area contributed by atoms with Crippen molar-refractivity contribution in [3.05, 3.63) is 75.1 Å². The number of fused-ring (bicyclic) bond motifs is 1. The minimum absolute atomic E-state index is 0.0728. The number of ether oxygens (including phenoxy) is 1. The van der Waals surface area contributed by atoms with Gasteiger partial charge in [0.05, 0.1) is 7.11 Å². The van der Waals surface area contributed by atoms with E-state index in [0.29, 0.717) is 29.9 Å². The highest BCUT2D eigenvalue weighted by atomic mass is 16.5. The molecule has 4 rings (SSSR count). The van der Waals surface area contributed by atoms with E-state index in [1.54, 1.807) is 13.2 Å². The molecule has 2 aromatic carbocycles. The van der Waals surface area contributed by atoms with Gasteiger partial charge in [0.15, 0.2) is 0 Å². The van der Waals surface area contributed by atoms with Crippen molar-refractivity contribution in [1.29, 1.82) is 0 Å². The van der Waals surface area contributed by atoms with Gasteiger partial charge >= 0.3 is 5.63 Å². The summed E-state index contributed by atoms with van der Waals surface area (Å²) in [4.78, 5) is 27.6. The van der Waals surface area contributed by atoms with Gasteiger partial charge in [0.25, 0.3) is 0 Å². The number of likely N-dealkylation sites (tertiary alicyclic amines) is 1. The number of methoxy groups -OCH3 is 1. The van der Waals surface area contributed by atoms with Crippen LogP contribution in [0.15, 0.2) is 51.7 Å². The summed E-state index contributed by atoms with van der Waals surface area (Å²) in [6.07, 6.45) is 4.42. The Balaban J connectivity index is 1.37. The molecule has 0 spiro atoms. The van der Waals surface area contributed by atoms with Crippen molar-refractivity contribution >= 4 is 16.9 Å². The Hall–Kier alpha value is -3.12. The molecule has 0 saturated carbocycles. The fraction of sp³-hybridized carbons (Fsp3) is 0.407. The standard InChI is InChI=1S/C27H32N2O4/c1-19-23-11-10-22(32-2)16-25(23)33-27(31)24(19)12-13-26(30)28-17-20-8-4-5-9-21(20)18-29-14-6-3-7-15-29/h4-5,8-11,16H,3,6-7,12-15,17-18H2,1-2H3,(H,28,30). The Labute approximate surface area is 194 Å². The number of piperidine rings is 1. The van der Waals surface area contributed by atoms with Crippen molar-refractivity contribution in [3.63, 3.8) is 0 Å². The topological polar surface area (TPSA) is 71.8 Å². The van der Waals surface area contributed by atoms with E-state index in [1.807, 2.05) is 25.1 Å². The van der Waals surface area contributed by atoms with Crippen molar-refractivity contribution in [1.82, 2.24) is 10.2 Å². The number of carbonyl (C=O) groups excluding carboxylic acids is 1. The number of rotatable bonds is 8. The first-order valence-corrected chi connectivity index (χ1v) is 11.7. The molecule has 1 amide bonds. The fourth-order valence-corrected chi connectivity index (χ4v) is 4.55. The molecule has 6 nitrogen and oxygen atoms in total. The molecule has 3 aromatic rings. The molecule has 1 aliphatic rings. The average Bonchev–Trinajstić information content (AvgIpc) is 2.83. The smallest absolute Gasteiger partial charge is 0.339 e. The third-order valence-electron chi connectivity index (χ3n) is 6.53. The van der Waals surface area contributed by atoms with Crippen LogP contribution < -0.4 is 15.7 Å². The van der Waals surface area contributed by atoms with Crippen molar-refractivity contribution in [3.8, 4) is 5.75 Å². The summed E-state index contributed by atoms with van der Waals surface area (Å²) in [5.41, 5.74) is 3.91. The Morgan fingerprint density at radius 2 is 1.85 bits per heavy atom. The zero-order valence-electron chi connectivity index (χ0n) is 19.5. The van der Waals surface area contributed by atoms with Crippen LogP contribution in [-0.2, 0) is 24.3 Å². The number of hydrogen-bond donors (Lipinski definition) is 1. The molecule has 1 N–H and O–H groups in total. The zero-order valence-corrected chi connectivity index (χ0v) is 19.5. The van der Waals surface area contributed by atoms with Gasteiger partial charge in [-0.25, -0.2) is 4.79 Å². The van der Waals surface area contributed by atoms with E-state index in [9.17, 15) is 9.59 Å². The summed E-state index contributed by atoms with van der Waals surface area (Å²) in [5, 5.41) is 3.89. The number of benzene rings is 2. The highest BCUT2D eigenvalue weighted by Gasteiger charge is 2.15. The summed E-state index contributed by atoms with van der Waals surface area (Å²) in [6, 6.07) is 13.7. The van der Waals surface area contributed by atoms with Gasteiger partial charge in [-0.2, -0.15) is 0 Å². The van der Waals surface area contributed by atoms with Gasteiger partial charge in [-0.3, -0.25) is 9.69 Å². The van der Waals surface area contributed by atoms with E-state index < -0.39 is 5.63 Å². The molecule has 0 radical (unpaired) electrons. The highest BCUT2D eigenvalue weighted by Crippen LogP contribution is 2.24. The van der Waals surface area contributed by atoms with Crippen LogP contribution in [0.4, 0.5) is 0 Å². The maximum absolute atomic E-state index is 12.6. The van der Waals surface area contributed by atoms with E-state index in [0.717, 1.165) is 36.1 Å². The second-order valence-corrected chi connectivity index (χ2v) is 8.74. The van der Waals surface area contributed by atoms with Gasteiger partial charge < -0.3 is 14.5 Å². The Morgan fingerprint density at radius 3 is 2.61 bits per heavy atom. The highest BCUT2D eigenvalue weighted by molar-refractivity contribution is 5.82. The van der Waals surface area contributed by atoms with E-state index in [2.05, 4.69) is 28.4 Å². The first kappa shape index (κ1) is 23.1. The molecule has 1 aromatic heterocycles. The van der Waals surface area contributed by atoms with E-state index in [-0.39, 0.29) is 12.3 Å². The van der Waals surface area contributed by atoms with Gasteiger partial charge in [-0.1, -0.05) is 30.7 Å². The third kappa shape index (κ3) is 5.63. The van der Waals surface area contributed by atoms with Crippen LogP contribution >= 0.6 is 0 Å². The van der Waals surface area contributed by atoms with Crippen LogP contribution in [-0.4, -0.2) is 31.0 Å². The number of hydrogen-bond acceptors (Lipinski definition) is 5. The van der Waals surface area contributed by atoms with Crippen molar-refractivity contribution in [2.45, 2.75) is 52.1 Å². The molecule has 0 atom stereocenters. The Morgan fingerprint density at radius 1 is 1.09 bits per heavy atom. The first-order valence-electron chi connectivity index (χ1n) is 11.7. The monoisotopic (exact) mass is 448 g/mol. The van der Waals surface area contributed by atoms with Crippen LogP contribution in [0.3, 0.4) is 0 Å².